The van der Waals surface area contributed by atoms with E-state index >= 15 is 0 Å². The molecule has 0 aliphatic rings. The minimum absolute atomic E-state index is 0.320. The van der Waals surface area contributed by atoms with Gasteiger partial charge in [-0.2, -0.15) is 0 Å². The molecular formula is C12H13BrClN3. The van der Waals surface area contributed by atoms with Gasteiger partial charge in [0, 0.05) is 35.9 Å². The number of benzene rings is 1. The maximum Gasteiger partial charge on any atom is 0.0833 e. The molecule has 0 saturated carbocycles. The van der Waals surface area contributed by atoms with Crippen LogP contribution in [-0.4, -0.2) is 20.3 Å². The second-order valence-corrected chi connectivity index (χ2v) is 5.02. The molecule has 2 aromatic rings. The van der Waals surface area contributed by atoms with E-state index in [4.69, 9.17) is 11.6 Å². The molecule has 0 fully saturated rings. The van der Waals surface area contributed by atoms with Crippen LogP contribution in [0.1, 0.15) is 17.2 Å². The lowest BCUT2D eigenvalue weighted by Crippen LogP contribution is -2.05. The maximum absolute atomic E-state index is 6.21. The van der Waals surface area contributed by atoms with Crippen molar-refractivity contribution in [2.24, 2.45) is 7.05 Å². The normalized spacial score (nSPS) is 12.6. The molecule has 1 atom stereocenters. The number of aryl methyl sites for hydroxylation is 1. The van der Waals surface area contributed by atoms with Crippen LogP contribution in [-0.2, 0) is 13.5 Å². The van der Waals surface area contributed by atoms with Gasteiger partial charge in [0.05, 0.1) is 5.69 Å². The molecule has 0 N–H and O–H groups in total. The highest BCUT2D eigenvalue weighted by Crippen LogP contribution is 2.28. The average molecular weight is 315 g/mol. The number of hydrogen-bond donors (Lipinski definition) is 0. The minimum Gasteiger partial charge on any atom is -0.255 e. The Bertz CT molecular complexity index is 498. The molecule has 1 unspecified atom stereocenters. The lowest BCUT2D eigenvalue weighted by Gasteiger charge is -2.14. The van der Waals surface area contributed by atoms with Crippen LogP contribution >= 0.6 is 27.5 Å². The Labute approximate surface area is 114 Å². The van der Waals surface area contributed by atoms with E-state index in [2.05, 4.69) is 32.3 Å². The van der Waals surface area contributed by atoms with Gasteiger partial charge in [0.2, 0.25) is 0 Å². The number of nitrogens with zero attached hydrogens (tertiary/aromatic N) is 3. The van der Waals surface area contributed by atoms with Gasteiger partial charge in [0.1, 0.15) is 0 Å². The van der Waals surface area contributed by atoms with Crippen LogP contribution in [0, 0.1) is 0 Å². The van der Waals surface area contributed by atoms with Crippen molar-refractivity contribution < 1.29 is 0 Å². The van der Waals surface area contributed by atoms with Gasteiger partial charge < -0.3 is 0 Å². The van der Waals surface area contributed by atoms with Crippen LogP contribution in [0.2, 0.25) is 5.02 Å². The summed E-state index contributed by atoms with van der Waals surface area (Å²) in [6.45, 7) is 0. The fourth-order valence-corrected chi connectivity index (χ4v) is 2.66. The van der Waals surface area contributed by atoms with E-state index in [9.17, 15) is 0 Å². The molecular weight excluding hydrogens is 302 g/mol. The third kappa shape index (κ3) is 3.07. The molecule has 0 aliphatic heterocycles. The van der Waals surface area contributed by atoms with Gasteiger partial charge in [-0.25, -0.2) is 0 Å². The van der Waals surface area contributed by atoms with E-state index in [1.165, 1.54) is 0 Å². The SMILES string of the molecule is Cn1cc(CC(CBr)c2ccccc2Cl)nn1. The Morgan fingerprint density at radius 2 is 2.18 bits per heavy atom. The van der Waals surface area contributed by atoms with E-state index in [0.29, 0.717) is 5.92 Å². The second kappa shape index (κ2) is 5.65. The summed E-state index contributed by atoms with van der Waals surface area (Å²) in [7, 11) is 1.87. The molecule has 1 heterocycles. The van der Waals surface area contributed by atoms with Crippen molar-refractivity contribution in [1.82, 2.24) is 15.0 Å². The molecule has 0 bridgehead atoms. The Hall–Kier alpha value is -0.870. The zero-order valence-corrected chi connectivity index (χ0v) is 11.8. The van der Waals surface area contributed by atoms with Gasteiger partial charge in [-0.05, 0) is 11.6 Å². The van der Waals surface area contributed by atoms with Crippen LogP contribution in [0.3, 0.4) is 0 Å². The van der Waals surface area contributed by atoms with Gasteiger partial charge in [-0.15, -0.1) is 5.10 Å². The zero-order valence-electron chi connectivity index (χ0n) is 9.48. The van der Waals surface area contributed by atoms with Crippen LogP contribution < -0.4 is 0 Å². The topological polar surface area (TPSA) is 30.7 Å². The van der Waals surface area contributed by atoms with E-state index in [0.717, 1.165) is 28.0 Å². The molecule has 5 heteroatoms. The predicted molar refractivity (Wildman–Crippen MR) is 72.7 cm³/mol. The van der Waals surface area contributed by atoms with Crippen LogP contribution in [0.15, 0.2) is 30.5 Å². The second-order valence-electron chi connectivity index (χ2n) is 3.96. The van der Waals surface area contributed by atoms with Crippen molar-refractivity contribution in [2.45, 2.75) is 12.3 Å². The summed E-state index contributed by atoms with van der Waals surface area (Å²) in [6.07, 6.45) is 2.77. The third-order valence-electron chi connectivity index (χ3n) is 2.64. The van der Waals surface area contributed by atoms with E-state index in [-0.39, 0.29) is 0 Å². The molecule has 2 rings (SSSR count). The van der Waals surface area contributed by atoms with E-state index < -0.39 is 0 Å². The van der Waals surface area contributed by atoms with Crippen molar-refractivity contribution in [1.29, 1.82) is 0 Å². The van der Waals surface area contributed by atoms with Gasteiger partial charge in [0.15, 0.2) is 0 Å². The summed E-state index contributed by atoms with van der Waals surface area (Å²) < 4.78 is 1.72. The summed E-state index contributed by atoms with van der Waals surface area (Å²) in [5.41, 5.74) is 2.13. The molecule has 3 nitrogen and oxygen atoms in total. The monoisotopic (exact) mass is 313 g/mol. The van der Waals surface area contributed by atoms with Crippen LogP contribution in [0.4, 0.5) is 0 Å². The van der Waals surface area contributed by atoms with E-state index in [1.54, 1.807) is 4.68 Å². The molecule has 0 radical (unpaired) electrons. The number of alkyl halides is 1. The number of hydrogen-bond acceptors (Lipinski definition) is 2. The average Bonchev–Trinajstić information content (AvgIpc) is 2.73. The molecule has 90 valence electrons. The first-order valence-corrected chi connectivity index (χ1v) is 6.86. The lowest BCUT2D eigenvalue weighted by atomic mass is 9.96. The largest absolute Gasteiger partial charge is 0.255 e. The Balaban J connectivity index is 2.20. The molecule has 0 spiro atoms. The van der Waals surface area contributed by atoms with Crippen LogP contribution in [0.25, 0.3) is 0 Å². The molecule has 17 heavy (non-hydrogen) atoms. The van der Waals surface area contributed by atoms with Crippen molar-refractivity contribution in [3.05, 3.63) is 46.7 Å². The minimum atomic E-state index is 0.320. The Morgan fingerprint density at radius 1 is 1.41 bits per heavy atom. The van der Waals surface area contributed by atoms with E-state index in [1.807, 2.05) is 31.4 Å². The van der Waals surface area contributed by atoms with Gasteiger partial charge in [-0.1, -0.05) is 50.9 Å². The first-order chi connectivity index (χ1) is 8.20. The summed E-state index contributed by atoms with van der Waals surface area (Å²) in [5.74, 6) is 0.320. The fraction of sp³-hybridized carbons (Fsp3) is 0.333. The molecule has 1 aromatic carbocycles. The Kier molecular flexibility index (Phi) is 4.18. The molecule has 0 amide bonds. The number of halogens is 2. The Morgan fingerprint density at radius 3 is 2.76 bits per heavy atom. The van der Waals surface area contributed by atoms with Crippen molar-refractivity contribution in [3.63, 3.8) is 0 Å². The summed E-state index contributed by atoms with van der Waals surface area (Å²) in [5, 5.41) is 9.71. The maximum atomic E-state index is 6.21. The fourth-order valence-electron chi connectivity index (χ4n) is 1.80. The van der Waals surface area contributed by atoms with Gasteiger partial charge >= 0.3 is 0 Å². The highest BCUT2D eigenvalue weighted by atomic mass is 79.9. The number of aromatic nitrogens is 3. The molecule has 1 aromatic heterocycles. The smallest absolute Gasteiger partial charge is 0.0833 e. The summed E-state index contributed by atoms with van der Waals surface area (Å²) in [6, 6.07) is 7.93. The standard InChI is InChI=1S/C12H13BrClN3/c1-17-8-10(15-16-17)6-9(7-13)11-4-2-3-5-12(11)14/h2-5,8-9H,6-7H2,1H3. The highest BCUT2D eigenvalue weighted by molar-refractivity contribution is 9.09. The van der Waals surface area contributed by atoms with Crippen molar-refractivity contribution >= 4 is 27.5 Å². The molecule has 0 aliphatic carbocycles. The predicted octanol–water partition coefficient (Wildman–Crippen LogP) is 3.19. The first-order valence-electron chi connectivity index (χ1n) is 5.36. The van der Waals surface area contributed by atoms with Gasteiger partial charge in [0.25, 0.3) is 0 Å². The van der Waals surface area contributed by atoms with Crippen molar-refractivity contribution in [3.8, 4) is 0 Å². The first kappa shape index (κ1) is 12.6. The number of rotatable bonds is 4. The van der Waals surface area contributed by atoms with Gasteiger partial charge in [-0.3, -0.25) is 4.68 Å². The lowest BCUT2D eigenvalue weighted by molar-refractivity contribution is 0.708. The highest BCUT2D eigenvalue weighted by Gasteiger charge is 2.15. The quantitative estimate of drug-likeness (QED) is 0.812. The summed E-state index contributed by atoms with van der Waals surface area (Å²) >= 11 is 9.74. The summed E-state index contributed by atoms with van der Waals surface area (Å²) in [4.78, 5) is 0. The third-order valence-corrected chi connectivity index (χ3v) is 3.76. The van der Waals surface area contributed by atoms with Crippen molar-refractivity contribution in [2.75, 3.05) is 5.33 Å². The zero-order chi connectivity index (χ0) is 12.3. The molecule has 0 saturated heterocycles. The van der Waals surface area contributed by atoms with Crippen LogP contribution in [0.5, 0.6) is 0 Å².